The largest absolute Gasteiger partial charge is 0.506 e. The number of rotatable bonds is 7. The number of hydrogen-bond donors (Lipinski definition) is 2. The number of benzene rings is 2. The SMILES string of the molecule is CC[C@@H](Nc1ccc(Cl)c(CN2CC(OC(=O)O)C2)c1)c1ccc(Cl)c(C)c1. The van der Waals surface area contributed by atoms with Crippen LogP contribution >= 0.6 is 23.2 Å². The third kappa shape index (κ3) is 5.10. The third-order valence-corrected chi connectivity index (χ3v) is 5.76. The summed E-state index contributed by atoms with van der Waals surface area (Å²) in [6.07, 6.45) is -0.550. The van der Waals surface area contributed by atoms with E-state index in [4.69, 9.17) is 33.0 Å². The molecule has 28 heavy (non-hydrogen) atoms. The molecule has 7 heteroatoms. The highest BCUT2D eigenvalue weighted by molar-refractivity contribution is 6.31. The Labute approximate surface area is 175 Å². The third-order valence-electron chi connectivity index (χ3n) is 4.96. The van der Waals surface area contributed by atoms with E-state index in [9.17, 15) is 4.79 Å². The number of nitrogens with zero attached hydrogens (tertiary/aromatic N) is 1. The van der Waals surface area contributed by atoms with Crippen molar-refractivity contribution in [1.82, 2.24) is 4.90 Å². The van der Waals surface area contributed by atoms with Crippen LogP contribution in [-0.2, 0) is 11.3 Å². The van der Waals surface area contributed by atoms with Crippen molar-refractivity contribution >= 4 is 35.0 Å². The average molecular weight is 423 g/mol. The van der Waals surface area contributed by atoms with E-state index in [2.05, 4.69) is 35.3 Å². The van der Waals surface area contributed by atoms with Gasteiger partial charge in [0.1, 0.15) is 6.10 Å². The Morgan fingerprint density at radius 2 is 1.96 bits per heavy atom. The zero-order chi connectivity index (χ0) is 20.3. The van der Waals surface area contributed by atoms with Gasteiger partial charge in [0.25, 0.3) is 0 Å². The van der Waals surface area contributed by atoms with Gasteiger partial charge >= 0.3 is 6.16 Å². The first-order valence-electron chi connectivity index (χ1n) is 9.28. The minimum atomic E-state index is -1.23. The summed E-state index contributed by atoms with van der Waals surface area (Å²) >= 11 is 12.5. The molecule has 1 fully saturated rings. The molecule has 2 N–H and O–H groups in total. The Bertz CT molecular complexity index is 854. The maximum absolute atomic E-state index is 10.6. The molecule has 0 radical (unpaired) electrons. The summed E-state index contributed by atoms with van der Waals surface area (Å²) in [5.41, 5.74) is 4.25. The number of carbonyl (C=O) groups is 1. The van der Waals surface area contributed by atoms with Crippen LogP contribution in [0.15, 0.2) is 36.4 Å². The van der Waals surface area contributed by atoms with Crippen LogP contribution in [0.5, 0.6) is 0 Å². The number of aryl methyl sites for hydroxylation is 1. The summed E-state index contributed by atoms with van der Waals surface area (Å²) < 4.78 is 4.76. The van der Waals surface area contributed by atoms with Crippen molar-refractivity contribution in [3.8, 4) is 0 Å². The van der Waals surface area contributed by atoms with Crippen LogP contribution in [0.1, 0.15) is 36.1 Å². The summed E-state index contributed by atoms with van der Waals surface area (Å²) in [7, 11) is 0. The highest BCUT2D eigenvalue weighted by Crippen LogP contribution is 2.29. The molecule has 0 aromatic heterocycles. The maximum Gasteiger partial charge on any atom is 0.506 e. The first-order chi connectivity index (χ1) is 13.4. The van der Waals surface area contributed by atoms with Gasteiger partial charge in [-0.05, 0) is 54.3 Å². The molecular formula is C21H24Cl2N2O3. The van der Waals surface area contributed by atoms with E-state index >= 15 is 0 Å². The van der Waals surface area contributed by atoms with Crippen molar-refractivity contribution in [2.45, 2.75) is 39.0 Å². The number of ether oxygens (including phenoxy) is 1. The van der Waals surface area contributed by atoms with E-state index in [0.29, 0.717) is 24.7 Å². The molecule has 0 amide bonds. The fraction of sp³-hybridized carbons (Fsp3) is 0.381. The van der Waals surface area contributed by atoms with Crippen molar-refractivity contribution in [3.05, 3.63) is 63.1 Å². The predicted molar refractivity (Wildman–Crippen MR) is 112 cm³/mol. The molecular weight excluding hydrogens is 399 g/mol. The molecule has 1 heterocycles. The summed E-state index contributed by atoms with van der Waals surface area (Å²) in [5, 5.41) is 13.7. The van der Waals surface area contributed by atoms with Crippen LogP contribution < -0.4 is 5.32 Å². The van der Waals surface area contributed by atoms with E-state index in [1.807, 2.05) is 25.1 Å². The molecule has 1 aliphatic rings. The predicted octanol–water partition coefficient (Wildman–Crippen LogP) is 5.74. The second kappa shape index (κ2) is 9.03. The van der Waals surface area contributed by atoms with Crippen LogP contribution in [0.3, 0.4) is 0 Å². The molecule has 1 aliphatic heterocycles. The Hall–Kier alpha value is -1.95. The number of likely N-dealkylation sites (tertiary alicyclic amines) is 1. The summed E-state index contributed by atoms with van der Waals surface area (Å²) in [6, 6.07) is 12.2. The molecule has 2 aromatic rings. The fourth-order valence-electron chi connectivity index (χ4n) is 3.40. The van der Waals surface area contributed by atoms with Crippen molar-refractivity contribution in [3.63, 3.8) is 0 Å². The van der Waals surface area contributed by atoms with E-state index in [1.165, 1.54) is 5.56 Å². The van der Waals surface area contributed by atoms with E-state index in [1.54, 1.807) is 0 Å². The van der Waals surface area contributed by atoms with Gasteiger partial charge < -0.3 is 15.2 Å². The minimum Gasteiger partial charge on any atom is -0.450 e. The van der Waals surface area contributed by atoms with Crippen molar-refractivity contribution in [2.24, 2.45) is 0 Å². The van der Waals surface area contributed by atoms with E-state index in [0.717, 1.165) is 28.3 Å². The van der Waals surface area contributed by atoms with E-state index < -0.39 is 6.16 Å². The number of anilines is 1. The van der Waals surface area contributed by atoms with Gasteiger partial charge in [-0.25, -0.2) is 4.79 Å². The molecule has 0 bridgehead atoms. The zero-order valence-corrected chi connectivity index (χ0v) is 17.4. The van der Waals surface area contributed by atoms with Gasteiger partial charge in [0.05, 0.1) is 6.04 Å². The Morgan fingerprint density at radius 3 is 2.61 bits per heavy atom. The molecule has 0 aliphatic carbocycles. The molecule has 1 saturated heterocycles. The highest BCUT2D eigenvalue weighted by atomic mass is 35.5. The molecule has 0 spiro atoms. The fourth-order valence-corrected chi connectivity index (χ4v) is 3.70. The van der Waals surface area contributed by atoms with Gasteiger partial charge in [-0.3, -0.25) is 4.90 Å². The van der Waals surface area contributed by atoms with Crippen LogP contribution in [-0.4, -0.2) is 35.4 Å². The van der Waals surface area contributed by atoms with Gasteiger partial charge in [-0.2, -0.15) is 0 Å². The van der Waals surface area contributed by atoms with Gasteiger partial charge in [0, 0.05) is 35.4 Å². The van der Waals surface area contributed by atoms with Crippen LogP contribution in [0.4, 0.5) is 10.5 Å². The summed E-state index contributed by atoms with van der Waals surface area (Å²) in [6.45, 7) is 5.98. The second-order valence-corrected chi connectivity index (χ2v) is 7.93. The molecule has 5 nitrogen and oxygen atoms in total. The quantitative estimate of drug-likeness (QED) is 0.556. The summed E-state index contributed by atoms with van der Waals surface area (Å²) in [4.78, 5) is 12.7. The van der Waals surface area contributed by atoms with Crippen LogP contribution in [0, 0.1) is 6.92 Å². The summed E-state index contributed by atoms with van der Waals surface area (Å²) in [5.74, 6) is 0. The number of halogens is 2. The maximum atomic E-state index is 10.6. The lowest BCUT2D eigenvalue weighted by Gasteiger charge is -2.37. The standard InChI is InChI=1S/C21H24Cl2N2O3/c1-3-20(14-4-6-18(22)13(2)8-14)24-16-5-7-19(23)15(9-16)10-25-11-17(12-25)28-21(26)27/h4-9,17,20,24H,3,10-12H2,1-2H3,(H,26,27)/t20-/m1/s1. The number of nitrogens with one attached hydrogen (secondary N) is 1. The first kappa shape index (κ1) is 20.8. The zero-order valence-electron chi connectivity index (χ0n) is 15.9. The minimum absolute atomic E-state index is 0.169. The van der Waals surface area contributed by atoms with Crippen molar-refractivity contribution in [2.75, 3.05) is 18.4 Å². The van der Waals surface area contributed by atoms with Crippen molar-refractivity contribution < 1.29 is 14.6 Å². The number of hydrogen-bond acceptors (Lipinski definition) is 4. The van der Waals surface area contributed by atoms with E-state index in [-0.39, 0.29) is 12.1 Å². The molecule has 3 rings (SSSR count). The molecule has 1 atom stereocenters. The smallest absolute Gasteiger partial charge is 0.450 e. The molecule has 0 saturated carbocycles. The first-order valence-corrected chi connectivity index (χ1v) is 10.0. The highest BCUT2D eigenvalue weighted by Gasteiger charge is 2.30. The second-order valence-electron chi connectivity index (χ2n) is 7.12. The van der Waals surface area contributed by atoms with Crippen LogP contribution in [0.25, 0.3) is 0 Å². The Balaban J connectivity index is 1.66. The Kier molecular flexibility index (Phi) is 6.70. The monoisotopic (exact) mass is 422 g/mol. The number of carboxylic acid groups (broad SMARTS) is 1. The van der Waals surface area contributed by atoms with Crippen molar-refractivity contribution in [1.29, 1.82) is 0 Å². The Morgan fingerprint density at radius 1 is 1.25 bits per heavy atom. The molecule has 150 valence electrons. The van der Waals surface area contributed by atoms with Gasteiger partial charge in [-0.1, -0.05) is 42.3 Å². The molecule has 0 unspecified atom stereocenters. The van der Waals surface area contributed by atoms with Gasteiger partial charge in [0.15, 0.2) is 0 Å². The van der Waals surface area contributed by atoms with Crippen LogP contribution in [0.2, 0.25) is 10.0 Å². The lowest BCUT2D eigenvalue weighted by atomic mass is 10.0. The topological polar surface area (TPSA) is 61.8 Å². The lowest BCUT2D eigenvalue weighted by Crippen LogP contribution is -2.52. The average Bonchev–Trinajstić information content (AvgIpc) is 2.62. The van der Waals surface area contributed by atoms with Gasteiger partial charge in [0.2, 0.25) is 0 Å². The normalized spacial score (nSPS) is 15.7. The molecule has 2 aromatic carbocycles. The van der Waals surface area contributed by atoms with Gasteiger partial charge in [-0.15, -0.1) is 0 Å². The lowest BCUT2D eigenvalue weighted by molar-refractivity contribution is -0.0363.